The van der Waals surface area contributed by atoms with Gasteiger partial charge in [-0.15, -0.1) is 0 Å². The number of nitro benzene ring substituents is 1. The van der Waals surface area contributed by atoms with E-state index in [9.17, 15) is 10.1 Å². The molecule has 4 rings (SSSR count). The Morgan fingerprint density at radius 1 is 1.16 bits per heavy atom. The molecule has 2 aromatic carbocycles. The number of fused-ring (bicyclic) bond motifs is 3. The number of nitrogens with one attached hydrogen (secondary N) is 1. The van der Waals surface area contributed by atoms with E-state index < -0.39 is 0 Å². The number of rotatable bonds is 3. The lowest BCUT2D eigenvalue weighted by molar-refractivity contribution is -0.384. The van der Waals surface area contributed by atoms with E-state index in [1.54, 1.807) is 12.1 Å². The van der Waals surface area contributed by atoms with E-state index in [2.05, 4.69) is 55.6 Å². The second-order valence-electron chi connectivity index (χ2n) is 7.30. The number of benzene rings is 2. The average molecular weight is 334 g/mol. The van der Waals surface area contributed by atoms with Crippen LogP contribution in [-0.2, 0) is 0 Å². The van der Waals surface area contributed by atoms with Crippen LogP contribution in [0.4, 0.5) is 11.4 Å². The first-order valence-corrected chi connectivity index (χ1v) is 8.86. The zero-order chi connectivity index (χ0) is 17.6. The van der Waals surface area contributed by atoms with Gasteiger partial charge in [-0.3, -0.25) is 10.1 Å². The van der Waals surface area contributed by atoms with Gasteiger partial charge in [0, 0.05) is 12.0 Å². The minimum Gasteiger partial charge on any atom is -0.372 e. The van der Waals surface area contributed by atoms with Gasteiger partial charge in [0.25, 0.3) is 5.69 Å². The van der Waals surface area contributed by atoms with Crippen molar-refractivity contribution in [1.29, 1.82) is 0 Å². The van der Waals surface area contributed by atoms with Crippen molar-refractivity contribution in [2.75, 3.05) is 5.32 Å². The molecule has 2 aliphatic rings. The van der Waals surface area contributed by atoms with Crippen molar-refractivity contribution in [2.24, 2.45) is 5.92 Å². The maximum atomic E-state index is 11.5. The molecule has 0 amide bonds. The van der Waals surface area contributed by atoms with Crippen molar-refractivity contribution in [3.8, 4) is 0 Å². The summed E-state index contributed by atoms with van der Waals surface area (Å²) in [6.07, 6.45) is 5.42. The fourth-order valence-electron chi connectivity index (χ4n) is 4.18. The molecule has 2 aromatic rings. The summed E-state index contributed by atoms with van der Waals surface area (Å²) >= 11 is 0. The van der Waals surface area contributed by atoms with Crippen molar-refractivity contribution >= 4 is 11.4 Å². The Morgan fingerprint density at radius 2 is 1.92 bits per heavy atom. The predicted octanol–water partition coefficient (Wildman–Crippen LogP) is 5.54. The highest BCUT2D eigenvalue weighted by Crippen LogP contribution is 2.51. The van der Waals surface area contributed by atoms with Gasteiger partial charge in [-0.05, 0) is 34.9 Å². The molecule has 0 radical (unpaired) electrons. The molecule has 3 atom stereocenters. The zero-order valence-electron chi connectivity index (χ0n) is 14.5. The highest BCUT2D eigenvalue weighted by Gasteiger charge is 2.40. The van der Waals surface area contributed by atoms with E-state index in [0.29, 0.717) is 17.5 Å². The Morgan fingerprint density at radius 3 is 2.60 bits per heavy atom. The summed E-state index contributed by atoms with van der Waals surface area (Å²) in [6.45, 7) is 4.37. The van der Waals surface area contributed by atoms with Gasteiger partial charge in [0.15, 0.2) is 0 Å². The van der Waals surface area contributed by atoms with Crippen LogP contribution in [0.25, 0.3) is 0 Å². The summed E-state index contributed by atoms with van der Waals surface area (Å²) in [5.41, 5.74) is 4.40. The molecule has 0 spiro atoms. The molecular weight excluding hydrogens is 312 g/mol. The smallest absolute Gasteiger partial charge is 0.292 e. The van der Waals surface area contributed by atoms with Crippen LogP contribution in [0.2, 0.25) is 0 Å². The van der Waals surface area contributed by atoms with Gasteiger partial charge in [0.2, 0.25) is 0 Å². The van der Waals surface area contributed by atoms with Gasteiger partial charge in [-0.25, -0.2) is 0 Å². The summed E-state index contributed by atoms with van der Waals surface area (Å²) in [5.74, 6) is 1.14. The van der Waals surface area contributed by atoms with Crippen molar-refractivity contribution in [2.45, 2.75) is 38.1 Å². The minimum atomic E-state index is -0.288. The molecule has 3 unspecified atom stereocenters. The largest absolute Gasteiger partial charge is 0.372 e. The summed E-state index contributed by atoms with van der Waals surface area (Å²) in [7, 11) is 0. The van der Waals surface area contributed by atoms with Crippen molar-refractivity contribution < 1.29 is 4.92 Å². The normalized spacial score (nSPS) is 23.9. The molecule has 0 aromatic heterocycles. The summed E-state index contributed by atoms with van der Waals surface area (Å²) in [4.78, 5) is 11.2. The van der Waals surface area contributed by atoms with Gasteiger partial charge >= 0.3 is 0 Å². The lowest BCUT2D eigenvalue weighted by Crippen LogP contribution is -2.29. The third kappa shape index (κ3) is 2.62. The molecule has 1 aliphatic carbocycles. The average Bonchev–Trinajstić information content (AvgIpc) is 3.10. The van der Waals surface area contributed by atoms with Crippen LogP contribution in [0.1, 0.15) is 54.8 Å². The standard InChI is InChI=1S/C21H22N2O2/c1-13(2)14-9-11-15(12-10-14)20-17-6-3-5-16(17)18-7-4-8-19(23(24)25)21(18)22-20/h3-5,7-13,16-17,20,22H,6H2,1-2H3. The molecule has 128 valence electrons. The molecule has 1 heterocycles. The number of hydrogen-bond donors (Lipinski definition) is 1. The third-order valence-corrected chi connectivity index (χ3v) is 5.53. The predicted molar refractivity (Wildman–Crippen MR) is 100.0 cm³/mol. The van der Waals surface area contributed by atoms with E-state index in [-0.39, 0.29) is 22.6 Å². The highest BCUT2D eigenvalue weighted by atomic mass is 16.6. The van der Waals surface area contributed by atoms with Crippen LogP contribution >= 0.6 is 0 Å². The monoisotopic (exact) mass is 334 g/mol. The van der Waals surface area contributed by atoms with E-state index in [4.69, 9.17) is 0 Å². The quantitative estimate of drug-likeness (QED) is 0.455. The Labute approximate surface area is 147 Å². The number of para-hydroxylation sites is 1. The summed E-state index contributed by atoms with van der Waals surface area (Å²) in [5, 5.41) is 15.0. The van der Waals surface area contributed by atoms with Crippen LogP contribution in [0.3, 0.4) is 0 Å². The van der Waals surface area contributed by atoms with Crippen molar-refractivity contribution in [3.63, 3.8) is 0 Å². The Kier molecular flexibility index (Phi) is 3.83. The van der Waals surface area contributed by atoms with Gasteiger partial charge in [0.1, 0.15) is 5.69 Å². The van der Waals surface area contributed by atoms with Crippen molar-refractivity contribution in [1.82, 2.24) is 0 Å². The van der Waals surface area contributed by atoms with E-state index in [1.807, 2.05) is 6.07 Å². The van der Waals surface area contributed by atoms with Gasteiger partial charge in [0.05, 0.1) is 11.0 Å². The maximum Gasteiger partial charge on any atom is 0.292 e. The molecule has 4 heteroatoms. The first-order valence-electron chi connectivity index (χ1n) is 8.86. The van der Waals surface area contributed by atoms with Gasteiger partial charge < -0.3 is 5.32 Å². The number of allylic oxidation sites excluding steroid dienone is 2. The van der Waals surface area contributed by atoms with Gasteiger partial charge in [-0.2, -0.15) is 0 Å². The SMILES string of the molecule is CC(C)c1ccc(C2Nc3c(cccc3[N+](=O)[O-])C3C=CCC32)cc1. The molecule has 1 aliphatic heterocycles. The molecule has 0 fully saturated rings. The topological polar surface area (TPSA) is 55.2 Å². The van der Waals surface area contributed by atoms with E-state index in [0.717, 1.165) is 12.0 Å². The second-order valence-corrected chi connectivity index (χ2v) is 7.30. The lowest BCUT2D eigenvalue weighted by Gasteiger charge is -2.37. The van der Waals surface area contributed by atoms with Crippen LogP contribution < -0.4 is 5.32 Å². The maximum absolute atomic E-state index is 11.5. The number of anilines is 1. The second kappa shape index (κ2) is 6.03. The molecule has 0 bridgehead atoms. The molecule has 1 N–H and O–H groups in total. The first-order chi connectivity index (χ1) is 12.1. The van der Waals surface area contributed by atoms with Crippen molar-refractivity contribution in [3.05, 3.63) is 81.4 Å². The minimum absolute atomic E-state index is 0.0924. The Hall–Kier alpha value is -2.62. The zero-order valence-corrected chi connectivity index (χ0v) is 14.5. The molecular formula is C21H22N2O2. The molecule has 25 heavy (non-hydrogen) atoms. The molecule has 0 saturated carbocycles. The lowest BCUT2D eigenvalue weighted by atomic mass is 9.76. The molecule has 0 saturated heterocycles. The highest BCUT2D eigenvalue weighted by molar-refractivity contribution is 5.71. The summed E-state index contributed by atoms with van der Waals surface area (Å²) in [6, 6.07) is 14.2. The van der Waals surface area contributed by atoms with E-state index in [1.165, 1.54) is 11.1 Å². The van der Waals surface area contributed by atoms with Crippen LogP contribution in [-0.4, -0.2) is 4.92 Å². The van der Waals surface area contributed by atoms with Crippen LogP contribution in [0, 0.1) is 16.0 Å². The number of nitro groups is 1. The first kappa shape index (κ1) is 15.9. The van der Waals surface area contributed by atoms with Gasteiger partial charge in [-0.1, -0.05) is 62.4 Å². The fraction of sp³-hybridized carbons (Fsp3) is 0.333. The third-order valence-electron chi connectivity index (χ3n) is 5.53. The van der Waals surface area contributed by atoms with E-state index >= 15 is 0 Å². The summed E-state index contributed by atoms with van der Waals surface area (Å²) < 4.78 is 0. The fourth-order valence-corrected chi connectivity index (χ4v) is 4.18. The van der Waals surface area contributed by atoms with Crippen LogP contribution in [0.15, 0.2) is 54.6 Å². The Bertz CT molecular complexity index is 839. The Balaban J connectivity index is 1.77. The van der Waals surface area contributed by atoms with Crippen LogP contribution in [0.5, 0.6) is 0 Å². The number of nitrogens with zero attached hydrogens (tertiary/aromatic N) is 1. The number of hydrogen-bond acceptors (Lipinski definition) is 3. The molecule has 4 nitrogen and oxygen atoms in total.